The van der Waals surface area contributed by atoms with Gasteiger partial charge in [-0.1, -0.05) is 6.07 Å². The minimum Gasteiger partial charge on any atom is -0.493 e. The van der Waals surface area contributed by atoms with Gasteiger partial charge in [0, 0.05) is 25.2 Å². The summed E-state index contributed by atoms with van der Waals surface area (Å²) in [5.41, 5.74) is 1.24. The molecule has 2 aromatic rings. The lowest BCUT2D eigenvalue weighted by atomic mass is 9.94. The van der Waals surface area contributed by atoms with E-state index in [1.54, 1.807) is 24.1 Å². The molecule has 3 atom stereocenters. The quantitative estimate of drug-likeness (QED) is 0.612. The van der Waals surface area contributed by atoms with Crippen molar-refractivity contribution in [2.45, 2.75) is 51.1 Å². The van der Waals surface area contributed by atoms with Crippen LogP contribution in [0.15, 0.2) is 30.3 Å². The van der Waals surface area contributed by atoms with Crippen LogP contribution < -0.4 is 14.8 Å². The zero-order valence-corrected chi connectivity index (χ0v) is 22.4. The molecule has 37 heavy (non-hydrogen) atoms. The molecule has 198 valence electrons. The lowest BCUT2D eigenvalue weighted by Gasteiger charge is -2.25. The second-order valence-corrected chi connectivity index (χ2v) is 11.3. The predicted molar refractivity (Wildman–Crippen MR) is 142 cm³/mol. The molecule has 2 saturated heterocycles. The molecule has 0 radical (unpaired) electrons. The number of nitrogens with zero attached hydrogens (tertiary/aromatic N) is 2. The first kappa shape index (κ1) is 25.7. The van der Waals surface area contributed by atoms with Gasteiger partial charge in [-0.15, -0.1) is 11.3 Å². The molecule has 4 heterocycles. The minimum absolute atomic E-state index is 0.00436. The zero-order valence-electron chi connectivity index (χ0n) is 21.5. The second-order valence-electron chi connectivity index (χ2n) is 10.2. The fraction of sp³-hybridized carbons (Fsp3) is 0.536. The van der Waals surface area contributed by atoms with Crippen LogP contribution in [0.4, 0.5) is 0 Å². The molecule has 1 N–H and O–H groups in total. The third-order valence-corrected chi connectivity index (χ3v) is 8.99. The van der Waals surface area contributed by atoms with Crippen LogP contribution in [0.25, 0.3) is 0 Å². The van der Waals surface area contributed by atoms with E-state index in [9.17, 15) is 14.4 Å². The average molecular weight is 526 g/mol. The number of fused-ring (bicyclic) bond motifs is 8. The van der Waals surface area contributed by atoms with Gasteiger partial charge in [0.25, 0.3) is 5.91 Å². The summed E-state index contributed by atoms with van der Waals surface area (Å²) in [7, 11) is 1.66. The molecule has 0 saturated carbocycles. The molecule has 0 spiro atoms. The molecule has 2 fully saturated rings. The topological polar surface area (TPSA) is 88.2 Å². The Kier molecular flexibility index (Phi) is 7.81. The van der Waals surface area contributed by atoms with Crippen LogP contribution in [0.2, 0.25) is 0 Å². The first-order valence-corrected chi connectivity index (χ1v) is 14.0. The van der Waals surface area contributed by atoms with E-state index >= 15 is 0 Å². The van der Waals surface area contributed by atoms with Crippen molar-refractivity contribution in [3.8, 4) is 11.5 Å². The van der Waals surface area contributed by atoms with E-state index in [2.05, 4.69) is 22.3 Å². The van der Waals surface area contributed by atoms with E-state index in [0.717, 1.165) is 43.7 Å². The van der Waals surface area contributed by atoms with Gasteiger partial charge >= 0.3 is 0 Å². The molecular formula is C28H35N3O5S. The summed E-state index contributed by atoms with van der Waals surface area (Å²) in [5, 5.41) is 3.13. The summed E-state index contributed by atoms with van der Waals surface area (Å²) in [6.07, 6.45) is 4.69. The summed E-state index contributed by atoms with van der Waals surface area (Å²) >= 11 is 1.18. The number of carbonyl (C=O) groups is 3. The van der Waals surface area contributed by atoms with Gasteiger partial charge in [-0.3, -0.25) is 19.3 Å². The Labute approximate surface area is 221 Å². The second kappa shape index (κ2) is 11.2. The average Bonchev–Trinajstić information content (AvgIpc) is 3.63. The normalized spacial score (nSPS) is 24.8. The largest absolute Gasteiger partial charge is 0.493 e. The number of methoxy groups -OCH3 is 1. The summed E-state index contributed by atoms with van der Waals surface area (Å²) < 4.78 is 11.7. The van der Waals surface area contributed by atoms with Crippen molar-refractivity contribution in [3.63, 3.8) is 0 Å². The Hall–Kier alpha value is -2.91. The number of benzene rings is 1. The molecule has 5 rings (SSSR count). The monoisotopic (exact) mass is 525 g/mol. The Morgan fingerprint density at radius 1 is 1.11 bits per heavy atom. The van der Waals surface area contributed by atoms with E-state index in [0.29, 0.717) is 53.9 Å². The Morgan fingerprint density at radius 3 is 2.73 bits per heavy atom. The van der Waals surface area contributed by atoms with E-state index in [1.807, 2.05) is 6.07 Å². The van der Waals surface area contributed by atoms with E-state index in [4.69, 9.17) is 9.47 Å². The Balaban J connectivity index is 1.37. The SMILES string of the molecule is COc1ccc2cc1OCCCCN(C(=O)c1ccc(C(C)=O)s1)CC(=O)NC[C@H]1C[C@H]2N2CCC[C@@H]12. The van der Waals surface area contributed by atoms with Crippen molar-refractivity contribution in [1.29, 1.82) is 0 Å². The molecule has 2 amide bonds. The van der Waals surface area contributed by atoms with Crippen LogP contribution in [0.1, 0.15) is 70.0 Å². The van der Waals surface area contributed by atoms with E-state index in [-0.39, 0.29) is 24.1 Å². The molecule has 0 unspecified atom stereocenters. The standard InChI is InChI=1S/C28H35N3O5S/c1-18(32)25-9-10-26(37-25)28(34)30-11-3-4-13-36-24-15-19(7-8-23(24)35-2)22-14-20(16-29-27(33)17-30)21-6-5-12-31(21)22/h7-10,15,20-22H,3-6,11-14,16-17H2,1-2H3,(H,29,33)/t20-,21+,22-/m1/s1. The fourth-order valence-electron chi connectivity index (χ4n) is 5.96. The highest BCUT2D eigenvalue weighted by Crippen LogP contribution is 2.46. The number of amides is 2. The van der Waals surface area contributed by atoms with Crippen molar-refractivity contribution in [2.75, 3.05) is 39.9 Å². The van der Waals surface area contributed by atoms with Gasteiger partial charge in [0.2, 0.25) is 5.91 Å². The summed E-state index contributed by atoms with van der Waals surface area (Å²) in [6.45, 7) is 4.08. The minimum atomic E-state index is -0.216. The first-order chi connectivity index (χ1) is 17.9. The number of Topliss-reactive ketones (excluding diaryl/α,β-unsaturated/α-hetero) is 1. The summed E-state index contributed by atoms with van der Waals surface area (Å²) in [6, 6.07) is 10.3. The van der Waals surface area contributed by atoms with Gasteiger partial charge in [-0.25, -0.2) is 0 Å². The fourth-order valence-corrected chi connectivity index (χ4v) is 6.83. The van der Waals surface area contributed by atoms with Gasteiger partial charge in [-0.05, 0) is 81.3 Å². The first-order valence-electron chi connectivity index (χ1n) is 13.2. The van der Waals surface area contributed by atoms with Crippen LogP contribution in [-0.4, -0.2) is 73.3 Å². The number of ether oxygens (including phenoxy) is 2. The maximum Gasteiger partial charge on any atom is 0.264 e. The van der Waals surface area contributed by atoms with E-state index in [1.165, 1.54) is 23.8 Å². The van der Waals surface area contributed by atoms with Crippen molar-refractivity contribution < 1.29 is 23.9 Å². The van der Waals surface area contributed by atoms with Gasteiger partial charge in [0.15, 0.2) is 17.3 Å². The van der Waals surface area contributed by atoms with Crippen molar-refractivity contribution in [3.05, 3.63) is 45.6 Å². The molecule has 8 nitrogen and oxygen atoms in total. The third kappa shape index (κ3) is 5.52. The highest BCUT2D eigenvalue weighted by atomic mass is 32.1. The number of nitrogens with one attached hydrogen (secondary N) is 1. The number of rotatable bonds is 3. The predicted octanol–water partition coefficient (Wildman–Crippen LogP) is 3.92. The zero-order chi connectivity index (χ0) is 25.9. The molecule has 4 bridgehead atoms. The number of thiophene rings is 1. The Bertz CT molecular complexity index is 1160. The van der Waals surface area contributed by atoms with Crippen molar-refractivity contribution in [2.24, 2.45) is 5.92 Å². The van der Waals surface area contributed by atoms with Gasteiger partial charge < -0.3 is 19.7 Å². The Morgan fingerprint density at radius 2 is 1.95 bits per heavy atom. The van der Waals surface area contributed by atoms with Crippen LogP contribution in [-0.2, 0) is 4.79 Å². The summed E-state index contributed by atoms with van der Waals surface area (Å²) in [4.78, 5) is 43.2. The molecule has 1 aromatic heterocycles. The van der Waals surface area contributed by atoms with Crippen LogP contribution in [0.3, 0.4) is 0 Å². The van der Waals surface area contributed by atoms with Crippen LogP contribution in [0.5, 0.6) is 11.5 Å². The highest BCUT2D eigenvalue weighted by molar-refractivity contribution is 7.15. The highest BCUT2D eigenvalue weighted by Gasteiger charge is 2.44. The number of hydrogen-bond acceptors (Lipinski definition) is 7. The smallest absolute Gasteiger partial charge is 0.264 e. The van der Waals surface area contributed by atoms with Gasteiger partial charge in [0.05, 0.1) is 30.0 Å². The summed E-state index contributed by atoms with van der Waals surface area (Å²) in [5.74, 6) is 1.41. The maximum atomic E-state index is 13.3. The van der Waals surface area contributed by atoms with Crippen LogP contribution >= 0.6 is 11.3 Å². The number of hydrogen-bond donors (Lipinski definition) is 1. The lowest BCUT2D eigenvalue weighted by Crippen LogP contribution is -2.43. The van der Waals surface area contributed by atoms with E-state index < -0.39 is 0 Å². The number of ketones is 1. The molecular weight excluding hydrogens is 490 g/mol. The molecule has 9 heteroatoms. The van der Waals surface area contributed by atoms with Crippen LogP contribution in [0, 0.1) is 5.92 Å². The molecule has 3 aliphatic heterocycles. The molecule has 0 aliphatic carbocycles. The van der Waals surface area contributed by atoms with Crippen molar-refractivity contribution >= 4 is 28.9 Å². The number of carbonyl (C=O) groups excluding carboxylic acids is 3. The van der Waals surface area contributed by atoms with Crippen molar-refractivity contribution in [1.82, 2.24) is 15.1 Å². The molecule has 3 aliphatic rings. The van der Waals surface area contributed by atoms with Gasteiger partial charge in [0.1, 0.15) is 0 Å². The third-order valence-electron chi connectivity index (χ3n) is 7.81. The molecule has 1 aromatic carbocycles. The van der Waals surface area contributed by atoms with Gasteiger partial charge in [-0.2, -0.15) is 0 Å². The lowest BCUT2D eigenvalue weighted by molar-refractivity contribution is -0.122. The maximum absolute atomic E-state index is 13.3.